The van der Waals surface area contributed by atoms with Crippen molar-refractivity contribution in [2.24, 2.45) is 0 Å². The molecule has 6 heteroatoms. The maximum absolute atomic E-state index is 11.2. The molecule has 0 radical (unpaired) electrons. The molecule has 0 unspecified atom stereocenters. The van der Waals surface area contributed by atoms with Gasteiger partial charge >= 0.3 is 0 Å². The SMILES string of the molecule is O=C(CBr)Cc1cccc([N+](=O)[O-])c1Br. The van der Waals surface area contributed by atoms with Crippen LogP contribution >= 0.6 is 31.9 Å². The number of carbonyl (C=O) groups excluding carboxylic acids is 1. The molecule has 15 heavy (non-hydrogen) atoms. The Kier molecular flexibility index (Phi) is 4.41. The van der Waals surface area contributed by atoms with Crippen LogP contribution in [0.2, 0.25) is 0 Å². The van der Waals surface area contributed by atoms with Crippen LogP contribution in [0.5, 0.6) is 0 Å². The van der Waals surface area contributed by atoms with Gasteiger partial charge in [-0.1, -0.05) is 28.1 Å². The predicted octanol–water partition coefficient (Wildman–Crippen LogP) is 2.86. The second-order valence-corrected chi connectivity index (χ2v) is 4.21. The van der Waals surface area contributed by atoms with Gasteiger partial charge in [0.25, 0.3) is 5.69 Å². The lowest BCUT2D eigenvalue weighted by molar-refractivity contribution is -0.385. The highest BCUT2D eigenvalue weighted by molar-refractivity contribution is 9.10. The van der Waals surface area contributed by atoms with Crippen LogP contribution in [0.3, 0.4) is 0 Å². The van der Waals surface area contributed by atoms with Crippen molar-refractivity contribution in [3.8, 4) is 0 Å². The van der Waals surface area contributed by atoms with E-state index in [2.05, 4.69) is 31.9 Å². The zero-order valence-corrected chi connectivity index (χ0v) is 10.7. The lowest BCUT2D eigenvalue weighted by Crippen LogP contribution is -2.04. The van der Waals surface area contributed by atoms with Gasteiger partial charge in [0, 0.05) is 12.5 Å². The van der Waals surface area contributed by atoms with Crippen molar-refractivity contribution in [2.75, 3.05) is 5.33 Å². The standard InChI is InChI=1S/C9H7Br2NO3/c10-5-7(13)4-6-2-1-3-8(9(6)11)12(14)15/h1-3H,4-5H2. The highest BCUT2D eigenvalue weighted by Gasteiger charge is 2.15. The van der Waals surface area contributed by atoms with Gasteiger partial charge in [0.2, 0.25) is 0 Å². The normalized spacial score (nSPS) is 10.0. The van der Waals surface area contributed by atoms with E-state index in [9.17, 15) is 14.9 Å². The van der Waals surface area contributed by atoms with E-state index in [0.29, 0.717) is 10.0 Å². The van der Waals surface area contributed by atoms with E-state index in [1.165, 1.54) is 6.07 Å². The number of benzene rings is 1. The molecule has 80 valence electrons. The highest BCUT2D eigenvalue weighted by Crippen LogP contribution is 2.28. The molecule has 1 aromatic carbocycles. The summed E-state index contributed by atoms with van der Waals surface area (Å²) < 4.78 is 0.379. The van der Waals surface area contributed by atoms with Crippen molar-refractivity contribution in [3.63, 3.8) is 0 Å². The molecule has 0 atom stereocenters. The fourth-order valence-corrected chi connectivity index (χ4v) is 1.85. The number of carbonyl (C=O) groups is 1. The number of hydrogen-bond acceptors (Lipinski definition) is 3. The van der Waals surface area contributed by atoms with Crippen LogP contribution in [0.15, 0.2) is 22.7 Å². The van der Waals surface area contributed by atoms with E-state index in [1.807, 2.05) is 0 Å². The predicted molar refractivity (Wildman–Crippen MR) is 63.3 cm³/mol. The summed E-state index contributed by atoms with van der Waals surface area (Å²) in [6.07, 6.45) is 0.188. The Morgan fingerprint density at radius 2 is 2.13 bits per heavy atom. The Hall–Kier alpha value is -0.750. The molecule has 0 aliphatic rings. The van der Waals surface area contributed by atoms with Crippen molar-refractivity contribution in [2.45, 2.75) is 6.42 Å². The maximum atomic E-state index is 11.2. The molecule has 0 aliphatic heterocycles. The van der Waals surface area contributed by atoms with Gasteiger partial charge in [-0.3, -0.25) is 14.9 Å². The second kappa shape index (κ2) is 5.37. The van der Waals surface area contributed by atoms with Crippen molar-refractivity contribution in [1.82, 2.24) is 0 Å². The Balaban J connectivity index is 3.04. The summed E-state index contributed by atoms with van der Waals surface area (Å²) in [6.45, 7) is 0. The molecule has 1 aromatic rings. The third-order valence-corrected chi connectivity index (χ3v) is 3.33. The summed E-state index contributed by atoms with van der Waals surface area (Å²) in [5.41, 5.74) is 0.614. The topological polar surface area (TPSA) is 60.2 Å². The zero-order valence-electron chi connectivity index (χ0n) is 7.57. The van der Waals surface area contributed by atoms with Gasteiger partial charge in [0.15, 0.2) is 0 Å². The van der Waals surface area contributed by atoms with Crippen molar-refractivity contribution in [1.29, 1.82) is 0 Å². The molecule has 0 saturated heterocycles. The van der Waals surface area contributed by atoms with Gasteiger partial charge in [-0.25, -0.2) is 0 Å². The lowest BCUT2D eigenvalue weighted by Gasteiger charge is -2.02. The summed E-state index contributed by atoms with van der Waals surface area (Å²) in [6, 6.07) is 4.66. The molecule has 0 heterocycles. The van der Waals surface area contributed by atoms with Crippen molar-refractivity contribution in [3.05, 3.63) is 38.3 Å². The van der Waals surface area contributed by atoms with E-state index >= 15 is 0 Å². The summed E-state index contributed by atoms with van der Waals surface area (Å²) in [7, 11) is 0. The summed E-state index contributed by atoms with van der Waals surface area (Å²) in [4.78, 5) is 21.3. The minimum atomic E-state index is -0.480. The van der Waals surface area contributed by atoms with Crippen molar-refractivity contribution >= 4 is 43.3 Å². The number of alkyl halides is 1. The van der Waals surface area contributed by atoms with Crippen LogP contribution in [0.4, 0.5) is 5.69 Å². The molecular weight excluding hydrogens is 330 g/mol. The number of nitrogens with zero attached hydrogens (tertiary/aromatic N) is 1. The largest absolute Gasteiger partial charge is 0.298 e. The van der Waals surface area contributed by atoms with Crippen LogP contribution in [0, 0.1) is 10.1 Å². The number of nitro groups is 1. The molecule has 0 fully saturated rings. The average Bonchev–Trinajstić information content (AvgIpc) is 2.20. The van der Waals surface area contributed by atoms with Gasteiger partial charge < -0.3 is 0 Å². The van der Waals surface area contributed by atoms with E-state index < -0.39 is 4.92 Å². The molecular formula is C9H7Br2NO3. The Morgan fingerprint density at radius 3 is 2.67 bits per heavy atom. The average molecular weight is 337 g/mol. The fraction of sp³-hybridized carbons (Fsp3) is 0.222. The quantitative estimate of drug-likeness (QED) is 0.482. The van der Waals surface area contributed by atoms with Gasteiger partial charge in [-0.2, -0.15) is 0 Å². The lowest BCUT2D eigenvalue weighted by atomic mass is 10.1. The smallest absolute Gasteiger partial charge is 0.283 e. The Labute approximate surface area is 103 Å². The summed E-state index contributed by atoms with van der Waals surface area (Å²) in [5.74, 6) is -0.0174. The maximum Gasteiger partial charge on any atom is 0.283 e. The fourth-order valence-electron chi connectivity index (χ4n) is 1.10. The number of ketones is 1. The zero-order chi connectivity index (χ0) is 11.4. The first-order chi connectivity index (χ1) is 7.06. The molecule has 0 N–H and O–H groups in total. The third kappa shape index (κ3) is 3.10. The van der Waals surface area contributed by atoms with Gasteiger partial charge in [-0.05, 0) is 21.5 Å². The first-order valence-electron chi connectivity index (χ1n) is 4.05. The van der Waals surface area contributed by atoms with E-state index in [4.69, 9.17) is 0 Å². The minimum Gasteiger partial charge on any atom is -0.298 e. The monoisotopic (exact) mass is 335 g/mol. The van der Waals surface area contributed by atoms with Gasteiger partial charge in [-0.15, -0.1) is 0 Å². The van der Waals surface area contributed by atoms with Gasteiger partial charge in [0.05, 0.1) is 14.7 Å². The Morgan fingerprint density at radius 1 is 1.47 bits per heavy atom. The van der Waals surface area contributed by atoms with Crippen LogP contribution in [-0.2, 0) is 11.2 Å². The number of nitro benzene ring substituents is 1. The first kappa shape index (κ1) is 12.3. The van der Waals surface area contributed by atoms with Crippen LogP contribution < -0.4 is 0 Å². The number of halogens is 2. The van der Waals surface area contributed by atoms with Crippen LogP contribution in [0.25, 0.3) is 0 Å². The van der Waals surface area contributed by atoms with E-state index in [-0.39, 0.29) is 23.2 Å². The molecule has 0 aromatic heterocycles. The van der Waals surface area contributed by atoms with Crippen LogP contribution in [0.1, 0.15) is 5.56 Å². The van der Waals surface area contributed by atoms with E-state index in [1.54, 1.807) is 12.1 Å². The number of Topliss-reactive ketones (excluding diaryl/α,β-unsaturated/α-hetero) is 1. The highest BCUT2D eigenvalue weighted by atomic mass is 79.9. The molecule has 0 aliphatic carbocycles. The molecule has 0 spiro atoms. The molecule has 0 amide bonds. The summed E-state index contributed by atoms with van der Waals surface area (Å²) >= 11 is 6.18. The molecule has 4 nitrogen and oxygen atoms in total. The first-order valence-corrected chi connectivity index (χ1v) is 5.97. The number of rotatable bonds is 4. The molecule has 0 saturated carbocycles. The summed E-state index contributed by atoms with van der Waals surface area (Å²) in [5, 5.41) is 10.9. The van der Waals surface area contributed by atoms with Crippen molar-refractivity contribution < 1.29 is 9.72 Å². The minimum absolute atomic E-state index is 0.0174. The molecule has 1 rings (SSSR count). The van der Waals surface area contributed by atoms with E-state index in [0.717, 1.165) is 0 Å². The third-order valence-electron chi connectivity index (χ3n) is 1.79. The van der Waals surface area contributed by atoms with Crippen LogP contribution in [-0.4, -0.2) is 16.0 Å². The molecule has 0 bridgehead atoms. The number of hydrogen-bond donors (Lipinski definition) is 0. The van der Waals surface area contributed by atoms with Gasteiger partial charge in [0.1, 0.15) is 5.78 Å². The Bertz CT molecular complexity index is 406. The second-order valence-electron chi connectivity index (χ2n) is 2.86.